The Morgan fingerprint density at radius 3 is 2.77 bits per heavy atom. The summed E-state index contributed by atoms with van der Waals surface area (Å²) in [6.45, 7) is 4.77. The molecule has 4 N–H and O–H groups in total. The lowest BCUT2D eigenvalue weighted by atomic mass is 10.2. The first-order chi connectivity index (χ1) is 10.4. The number of anilines is 1. The number of hydrogen-bond donors (Lipinski definition) is 3. The summed E-state index contributed by atoms with van der Waals surface area (Å²) in [5.41, 5.74) is 7.00. The van der Waals surface area contributed by atoms with Crippen LogP contribution < -0.4 is 16.4 Å². The van der Waals surface area contributed by atoms with Crippen molar-refractivity contribution in [2.24, 2.45) is 5.73 Å². The number of nitro benzene ring substituents is 1. The lowest BCUT2D eigenvalue weighted by molar-refractivity contribution is -0.384. The van der Waals surface area contributed by atoms with Crippen LogP contribution in [0, 0.1) is 17.0 Å². The SMILES string of the molecule is Cc1ccc(NCCCNC(=O)CCC(C)N)c([N+](=O)[O-])c1. The molecule has 1 unspecified atom stereocenters. The number of nitrogens with zero attached hydrogens (tertiary/aromatic N) is 1. The minimum absolute atomic E-state index is 0.0152. The van der Waals surface area contributed by atoms with Crippen molar-refractivity contribution in [1.82, 2.24) is 5.32 Å². The number of hydrogen-bond acceptors (Lipinski definition) is 5. The van der Waals surface area contributed by atoms with Gasteiger partial charge < -0.3 is 16.4 Å². The number of amides is 1. The van der Waals surface area contributed by atoms with Gasteiger partial charge in [-0.15, -0.1) is 0 Å². The summed E-state index contributed by atoms with van der Waals surface area (Å²) in [7, 11) is 0. The molecule has 1 atom stereocenters. The second kappa shape index (κ2) is 8.99. The summed E-state index contributed by atoms with van der Waals surface area (Å²) in [4.78, 5) is 22.1. The molecule has 0 radical (unpaired) electrons. The lowest BCUT2D eigenvalue weighted by Gasteiger charge is -2.09. The Kier molecular flexibility index (Phi) is 7.31. The van der Waals surface area contributed by atoms with Gasteiger partial charge in [-0.3, -0.25) is 14.9 Å². The van der Waals surface area contributed by atoms with Gasteiger partial charge in [0.2, 0.25) is 5.91 Å². The zero-order valence-electron chi connectivity index (χ0n) is 13.1. The van der Waals surface area contributed by atoms with Crippen molar-refractivity contribution in [3.8, 4) is 0 Å². The second-order valence-electron chi connectivity index (χ2n) is 5.42. The Bertz CT molecular complexity index is 518. The maximum Gasteiger partial charge on any atom is 0.292 e. The molecule has 0 aliphatic heterocycles. The summed E-state index contributed by atoms with van der Waals surface area (Å²) in [6, 6.07) is 5.09. The van der Waals surface area contributed by atoms with E-state index in [9.17, 15) is 14.9 Å². The Hall–Kier alpha value is -2.15. The van der Waals surface area contributed by atoms with Crippen LogP contribution in [0.2, 0.25) is 0 Å². The normalized spacial score (nSPS) is 11.8. The molecule has 0 bridgehead atoms. The lowest BCUT2D eigenvalue weighted by Crippen LogP contribution is -2.27. The van der Waals surface area contributed by atoms with Crippen molar-refractivity contribution >= 4 is 17.3 Å². The van der Waals surface area contributed by atoms with Crippen LogP contribution in [-0.2, 0) is 4.79 Å². The maximum absolute atomic E-state index is 11.5. The monoisotopic (exact) mass is 308 g/mol. The molecule has 0 saturated heterocycles. The summed E-state index contributed by atoms with van der Waals surface area (Å²) in [6.07, 6.45) is 1.78. The highest BCUT2D eigenvalue weighted by atomic mass is 16.6. The van der Waals surface area contributed by atoms with Crippen molar-refractivity contribution in [2.45, 2.75) is 39.2 Å². The highest BCUT2D eigenvalue weighted by molar-refractivity contribution is 5.75. The summed E-state index contributed by atoms with van der Waals surface area (Å²) in [5, 5.41) is 16.8. The molecule has 122 valence electrons. The minimum atomic E-state index is -0.398. The molecule has 0 aliphatic carbocycles. The average Bonchev–Trinajstić information content (AvgIpc) is 2.45. The van der Waals surface area contributed by atoms with Crippen LogP contribution in [0.4, 0.5) is 11.4 Å². The van der Waals surface area contributed by atoms with E-state index < -0.39 is 4.92 Å². The van der Waals surface area contributed by atoms with E-state index in [1.165, 1.54) is 6.07 Å². The van der Waals surface area contributed by atoms with E-state index in [2.05, 4.69) is 10.6 Å². The first kappa shape index (κ1) is 17.9. The molecule has 0 aliphatic rings. The van der Waals surface area contributed by atoms with Gasteiger partial charge in [0.15, 0.2) is 0 Å². The van der Waals surface area contributed by atoms with Crippen molar-refractivity contribution in [3.63, 3.8) is 0 Å². The highest BCUT2D eigenvalue weighted by Crippen LogP contribution is 2.24. The molecule has 1 amide bonds. The molecule has 7 heteroatoms. The summed E-state index contributed by atoms with van der Waals surface area (Å²) < 4.78 is 0. The van der Waals surface area contributed by atoms with Crippen LogP contribution in [0.1, 0.15) is 31.7 Å². The van der Waals surface area contributed by atoms with Crippen LogP contribution in [0.5, 0.6) is 0 Å². The van der Waals surface area contributed by atoms with Gasteiger partial charge >= 0.3 is 0 Å². The van der Waals surface area contributed by atoms with Crippen LogP contribution >= 0.6 is 0 Å². The highest BCUT2D eigenvalue weighted by Gasteiger charge is 2.12. The number of nitrogens with two attached hydrogens (primary N) is 1. The topological polar surface area (TPSA) is 110 Å². The van der Waals surface area contributed by atoms with E-state index in [1.807, 2.05) is 19.9 Å². The molecular weight excluding hydrogens is 284 g/mol. The molecule has 7 nitrogen and oxygen atoms in total. The predicted molar refractivity (Wildman–Crippen MR) is 86.8 cm³/mol. The quantitative estimate of drug-likeness (QED) is 0.367. The van der Waals surface area contributed by atoms with E-state index in [0.717, 1.165) is 5.56 Å². The molecule has 0 spiro atoms. The number of nitrogens with one attached hydrogen (secondary N) is 2. The first-order valence-electron chi connectivity index (χ1n) is 7.41. The molecule has 1 rings (SSSR count). The summed E-state index contributed by atoms with van der Waals surface area (Å²) in [5.74, 6) is -0.0152. The molecule has 1 aromatic rings. The number of aryl methyl sites for hydroxylation is 1. The summed E-state index contributed by atoms with van der Waals surface area (Å²) >= 11 is 0. The first-order valence-corrected chi connectivity index (χ1v) is 7.41. The number of carbonyl (C=O) groups is 1. The van der Waals surface area contributed by atoms with Gasteiger partial charge in [-0.1, -0.05) is 6.07 Å². The van der Waals surface area contributed by atoms with Crippen LogP contribution in [0.25, 0.3) is 0 Å². The number of carbonyl (C=O) groups excluding carboxylic acids is 1. The molecule has 0 saturated carbocycles. The molecular formula is C15H24N4O3. The maximum atomic E-state index is 11.5. The second-order valence-corrected chi connectivity index (χ2v) is 5.42. The van der Waals surface area contributed by atoms with E-state index in [0.29, 0.717) is 38.0 Å². The van der Waals surface area contributed by atoms with Gasteiger partial charge in [0.25, 0.3) is 5.69 Å². The fourth-order valence-electron chi connectivity index (χ4n) is 1.93. The van der Waals surface area contributed by atoms with Crippen LogP contribution in [-0.4, -0.2) is 30.0 Å². The van der Waals surface area contributed by atoms with E-state index >= 15 is 0 Å². The molecule has 0 fully saturated rings. The third-order valence-electron chi connectivity index (χ3n) is 3.17. The Balaban J connectivity index is 2.31. The fraction of sp³-hybridized carbons (Fsp3) is 0.533. The van der Waals surface area contributed by atoms with Gasteiger partial charge in [-0.2, -0.15) is 0 Å². The van der Waals surface area contributed by atoms with Gasteiger partial charge in [0, 0.05) is 31.6 Å². The van der Waals surface area contributed by atoms with E-state index in [-0.39, 0.29) is 17.6 Å². The molecule has 22 heavy (non-hydrogen) atoms. The van der Waals surface area contributed by atoms with Crippen molar-refractivity contribution in [2.75, 3.05) is 18.4 Å². The van der Waals surface area contributed by atoms with Crippen molar-refractivity contribution in [3.05, 3.63) is 33.9 Å². The van der Waals surface area contributed by atoms with Gasteiger partial charge in [-0.25, -0.2) is 0 Å². The number of nitro groups is 1. The fourth-order valence-corrected chi connectivity index (χ4v) is 1.93. The zero-order chi connectivity index (χ0) is 16.5. The largest absolute Gasteiger partial charge is 0.379 e. The number of rotatable bonds is 9. The van der Waals surface area contributed by atoms with Gasteiger partial charge in [0.05, 0.1) is 4.92 Å². The van der Waals surface area contributed by atoms with Crippen molar-refractivity contribution in [1.29, 1.82) is 0 Å². The Labute approximate surface area is 130 Å². The van der Waals surface area contributed by atoms with E-state index in [1.54, 1.807) is 6.07 Å². The molecule has 1 aromatic carbocycles. The smallest absolute Gasteiger partial charge is 0.292 e. The van der Waals surface area contributed by atoms with Gasteiger partial charge in [-0.05, 0) is 38.3 Å². The average molecular weight is 308 g/mol. The van der Waals surface area contributed by atoms with Crippen LogP contribution in [0.3, 0.4) is 0 Å². The van der Waals surface area contributed by atoms with Crippen LogP contribution in [0.15, 0.2) is 18.2 Å². The third kappa shape index (κ3) is 6.53. The Morgan fingerprint density at radius 1 is 1.41 bits per heavy atom. The minimum Gasteiger partial charge on any atom is -0.379 e. The van der Waals surface area contributed by atoms with E-state index in [4.69, 9.17) is 5.73 Å². The van der Waals surface area contributed by atoms with Gasteiger partial charge in [0.1, 0.15) is 5.69 Å². The Morgan fingerprint density at radius 2 is 2.14 bits per heavy atom. The molecule has 0 heterocycles. The molecule has 0 aromatic heterocycles. The van der Waals surface area contributed by atoms with Crippen molar-refractivity contribution < 1.29 is 9.72 Å². The number of benzene rings is 1. The predicted octanol–water partition coefficient (Wildman–Crippen LogP) is 1.95. The third-order valence-corrected chi connectivity index (χ3v) is 3.17. The standard InChI is InChI=1S/C15H24N4O3/c1-11-4-6-13(14(10-11)19(21)22)17-8-3-9-18-15(20)7-5-12(2)16/h4,6,10,12,17H,3,5,7-9,16H2,1-2H3,(H,18,20). The zero-order valence-corrected chi connectivity index (χ0v) is 13.1.